The number of alkyl halides is 2. The Morgan fingerprint density at radius 3 is 2.14 bits per heavy atom. The third kappa shape index (κ3) is 8.82. The number of Topliss-reactive ketones (excluding diaryl/α,β-unsaturated/α-hetero) is 1. The van der Waals surface area contributed by atoms with Gasteiger partial charge in [0.15, 0.2) is 10.6 Å². The van der Waals surface area contributed by atoms with E-state index >= 15 is 0 Å². The number of aryl methyl sites for hydroxylation is 3. The second kappa shape index (κ2) is 15.5. The number of allylic oxidation sites excluding steroid dienone is 2. The largest absolute Gasteiger partial charge is 0.511 e. The average Bonchev–Trinajstić information content (AvgIpc) is 2.79. The zero-order chi connectivity index (χ0) is 27.4. The summed E-state index contributed by atoms with van der Waals surface area (Å²) in [5, 5.41) is 14.5. The Kier molecular flexibility index (Phi) is 13.6. The van der Waals surface area contributed by atoms with Crippen molar-refractivity contribution in [3.8, 4) is 0 Å². The van der Waals surface area contributed by atoms with Crippen LogP contribution in [0.3, 0.4) is 0 Å². The molecule has 0 aromatic heterocycles. The van der Waals surface area contributed by atoms with E-state index in [1.165, 1.54) is 27.2 Å². The van der Waals surface area contributed by atoms with Gasteiger partial charge in [0.25, 0.3) is 5.91 Å². The molecule has 1 unspecified atom stereocenters. The van der Waals surface area contributed by atoms with Gasteiger partial charge in [0, 0.05) is 25.9 Å². The molecule has 1 aromatic rings. The number of hydrogen-bond donors (Lipinski definition) is 1. The van der Waals surface area contributed by atoms with E-state index in [2.05, 4.69) is 51.2 Å². The third-order valence-corrected chi connectivity index (χ3v) is 6.08. The number of rotatable bonds is 10. The number of aliphatic hydroxyl groups is 1. The van der Waals surface area contributed by atoms with Gasteiger partial charge in [-0.3, -0.25) is 9.59 Å². The Morgan fingerprint density at radius 2 is 1.72 bits per heavy atom. The van der Waals surface area contributed by atoms with Crippen molar-refractivity contribution in [3.05, 3.63) is 71.0 Å². The highest BCUT2D eigenvalue weighted by Crippen LogP contribution is 2.37. The summed E-state index contributed by atoms with van der Waals surface area (Å²) in [6, 6.07) is 4.27. The normalized spacial score (nSPS) is 15.8. The van der Waals surface area contributed by atoms with Gasteiger partial charge in [0.1, 0.15) is 12.4 Å². The standard InChI is InChI=1S/C20H27NO3.C8H11Cl2NO/c1-6-16(21-24-7-2)20-17(22)10-15(11-18(20)23)19-13(4)8-12(3)9-14(19)5;1-3-5-11(6-4-2)8(12)7(9)10/h8-9,15,22H,6-7,10-11H2,1-5H3;3-4,7H,1-2,5-6H2/b21-16+;. The number of hydrogen-bond acceptors (Lipinski definition) is 5. The SMILES string of the molecule is C=CCN(CC=C)C(=O)C(Cl)Cl.CCO/N=C(\CC)C1=C(O)CC(c2c(C)cc(C)cc2C)CC1=O. The second-order valence-corrected chi connectivity index (χ2v) is 9.69. The maximum absolute atomic E-state index is 12.7. The van der Waals surface area contributed by atoms with Gasteiger partial charge in [-0.15, -0.1) is 13.2 Å². The van der Waals surface area contributed by atoms with Crippen LogP contribution in [0.5, 0.6) is 0 Å². The van der Waals surface area contributed by atoms with Crippen LogP contribution in [-0.2, 0) is 14.4 Å². The lowest BCUT2D eigenvalue weighted by Gasteiger charge is -2.27. The molecular weight excluding hydrogens is 499 g/mol. The van der Waals surface area contributed by atoms with Crippen LogP contribution >= 0.6 is 23.2 Å². The van der Waals surface area contributed by atoms with Gasteiger partial charge < -0.3 is 14.8 Å². The molecule has 0 spiro atoms. The van der Waals surface area contributed by atoms with Crippen LogP contribution in [0.2, 0.25) is 0 Å². The van der Waals surface area contributed by atoms with E-state index in [9.17, 15) is 14.7 Å². The molecule has 0 radical (unpaired) electrons. The fraction of sp³-hybridized carbons (Fsp3) is 0.464. The molecule has 0 heterocycles. The summed E-state index contributed by atoms with van der Waals surface area (Å²) >= 11 is 10.8. The predicted molar refractivity (Wildman–Crippen MR) is 149 cm³/mol. The number of ketones is 1. The smallest absolute Gasteiger partial charge is 0.256 e. The monoisotopic (exact) mass is 536 g/mol. The lowest BCUT2D eigenvalue weighted by molar-refractivity contribution is -0.128. The van der Waals surface area contributed by atoms with Crippen molar-refractivity contribution in [1.82, 2.24) is 4.90 Å². The summed E-state index contributed by atoms with van der Waals surface area (Å²) in [6.45, 7) is 18.3. The summed E-state index contributed by atoms with van der Waals surface area (Å²) in [5.41, 5.74) is 5.65. The summed E-state index contributed by atoms with van der Waals surface area (Å²) < 4.78 is 0. The maximum atomic E-state index is 12.7. The summed E-state index contributed by atoms with van der Waals surface area (Å²) in [5.74, 6) is -0.218. The van der Waals surface area contributed by atoms with Crippen molar-refractivity contribution in [1.29, 1.82) is 0 Å². The molecule has 0 aliphatic heterocycles. The Hall–Kier alpha value is -2.57. The van der Waals surface area contributed by atoms with Gasteiger partial charge in [-0.1, -0.05) is 65.1 Å². The lowest BCUT2D eigenvalue weighted by atomic mass is 9.78. The van der Waals surface area contributed by atoms with Crippen LogP contribution in [0, 0.1) is 20.8 Å². The minimum absolute atomic E-state index is 0.0204. The Labute approximate surface area is 225 Å². The molecule has 36 heavy (non-hydrogen) atoms. The van der Waals surface area contributed by atoms with Crippen LogP contribution < -0.4 is 0 Å². The Balaban J connectivity index is 0.000000457. The molecule has 198 valence electrons. The minimum Gasteiger partial charge on any atom is -0.511 e. The van der Waals surface area contributed by atoms with Gasteiger partial charge >= 0.3 is 0 Å². The van der Waals surface area contributed by atoms with Crippen molar-refractivity contribution in [3.63, 3.8) is 0 Å². The second-order valence-electron chi connectivity index (χ2n) is 8.59. The molecule has 8 heteroatoms. The molecule has 1 aromatic carbocycles. The molecule has 0 saturated carbocycles. The highest BCUT2D eigenvalue weighted by Gasteiger charge is 2.32. The van der Waals surface area contributed by atoms with Gasteiger partial charge in [-0.05, 0) is 56.7 Å². The molecule has 0 bridgehead atoms. The fourth-order valence-electron chi connectivity index (χ4n) is 4.39. The first-order chi connectivity index (χ1) is 17.0. The zero-order valence-corrected chi connectivity index (χ0v) is 23.5. The van der Waals surface area contributed by atoms with E-state index in [4.69, 9.17) is 28.0 Å². The van der Waals surface area contributed by atoms with Crippen LogP contribution in [-0.4, -0.2) is 51.9 Å². The first-order valence-electron chi connectivity index (χ1n) is 12.0. The minimum atomic E-state index is -1.01. The van der Waals surface area contributed by atoms with Crippen molar-refractivity contribution >= 4 is 40.6 Å². The van der Waals surface area contributed by atoms with Crippen LogP contribution in [0.25, 0.3) is 0 Å². The molecule has 1 aliphatic carbocycles. The molecule has 0 saturated heterocycles. The predicted octanol–water partition coefficient (Wildman–Crippen LogP) is 6.66. The van der Waals surface area contributed by atoms with Crippen molar-refractivity contribution in [2.24, 2.45) is 5.16 Å². The number of halogens is 2. The summed E-state index contributed by atoms with van der Waals surface area (Å²) in [6.07, 6.45) is 4.64. The van der Waals surface area contributed by atoms with Gasteiger partial charge in [-0.25, -0.2) is 0 Å². The Bertz CT molecular complexity index is 982. The Morgan fingerprint density at radius 1 is 1.17 bits per heavy atom. The third-order valence-electron chi connectivity index (χ3n) is 5.71. The van der Waals surface area contributed by atoms with Crippen LogP contribution in [0.1, 0.15) is 61.3 Å². The molecule has 1 amide bonds. The number of carbonyl (C=O) groups excluding carboxylic acids is 2. The molecular formula is C28H38Cl2N2O4. The quantitative estimate of drug-likeness (QED) is 0.157. The molecule has 1 N–H and O–H groups in total. The molecule has 1 aliphatic rings. The molecule has 6 nitrogen and oxygen atoms in total. The number of amides is 1. The molecule has 0 fully saturated rings. The number of oxime groups is 1. The highest BCUT2D eigenvalue weighted by molar-refractivity contribution is 6.53. The number of benzene rings is 1. The van der Waals surface area contributed by atoms with Crippen molar-refractivity contribution in [2.75, 3.05) is 19.7 Å². The van der Waals surface area contributed by atoms with E-state index < -0.39 is 4.84 Å². The van der Waals surface area contributed by atoms with Crippen molar-refractivity contribution in [2.45, 2.75) is 64.6 Å². The van der Waals surface area contributed by atoms with E-state index in [0.29, 0.717) is 50.2 Å². The topological polar surface area (TPSA) is 79.2 Å². The summed E-state index contributed by atoms with van der Waals surface area (Å²) in [7, 11) is 0. The maximum Gasteiger partial charge on any atom is 0.256 e. The molecule has 2 rings (SSSR count). The van der Waals surface area contributed by atoms with Crippen LogP contribution in [0.4, 0.5) is 0 Å². The average molecular weight is 538 g/mol. The highest BCUT2D eigenvalue weighted by atomic mass is 35.5. The zero-order valence-electron chi connectivity index (χ0n) is 21.9. The molecule has 1 atom stereocenters. The number of aliphatic hydroxyl groups excluding tert-OH is 1. The number of nitrogens with zero attached hydrogens (tertiary/aromatic N) is 2. The lowest BCUT2D eigenvalue weighted by Crippen LogP contribution is -2.35. The first-order valence-corrected chi connectivity index (χ1v) is 12.9. The fourth-order valence-corrected chi connectivity index (χ4v) is 4.67. The van der Waals surface area contributed by atoms with Crippen molar-refractivity contribution < 1.29 is 19.5 Å². The van der Waals surface area contributed by atoms with Gasteiger partial charge in [0.05, 0.1) is 11.3 Å². The van der Waals surface area contributed by atoms with E-state index in [1.807, 2.05) is 13.8 Å². The summed E-state index contributed by atoms with van der Waals surface area (Å²) in [4.78, 5) is 29.4. The van der Waals surface area contributed by atoms with E-state index in [-0.39, 0.29) is 23.4 Å². The first kappa shape index (κ1) is 31.5. The van der Waals surface area contributed by atoms with Crippen LogP contribution in [0.15, 0.2) is 53.9 Å². The van der Waals surface area contributed by atoms with Gasteiger partial charge in [0.2, 0.25) is 0 Å². The van der Waals surface area contributed by atoms with E-state index in [1.54, 1.807) is 12.2 Å². The van der Waals surface area contributed by atoms with E-state index in [0.717, 1.165) is 0 Å². The number of carbonyl (C=O) groups is 2. The van der Waals surface area contributed by atoms with Gasteiger partial charge in [-0.2, -0.15) is 0 Å².